The lowest BCUT2D eigenvalue weighted by atomic mass is 10.1. The Kier molecular flexibility index (Phi) is 6.32. The topological polar surface area (TPSA) is 71.1 Å². The second-order valence-electron chi connectivity index (χ2n) is 5.49. The van der Waals surface area contributed by atoms with Crippen molar-refractivity contribution in [3.05, 3.63) is 64.4 Å². The fraction of sp³-hybridized carbons (Fsp3) is 0.278. The molecule has 0 fully saturated rings. The maximum absolute atomic E-state index is 12.3. The third-order valence-corrected chi connectivity index (χ3v) is 4.01. The average molecular weight is 346 g/mol. The maximum Gasteiger partial charge on any atom is 0.270 e. The van der Waals surface area contributed by atoms with Gasteiger partial charge in [-0.2, -0.15) is 0 Å². The first kappa shape index (κ1) is 17.9. The molecule has 1 heterocycles. The molecule has 2 rings (SSSR count). The predicted octanol–water partition coefficient (Wildman–Crippen LogP) is 3.19. The summed E-state index contributed by atoms with van der Waals surface area (Å²) >= 11 is 6.07. The van der Waals surface area contributed by atoms with Gasteiger partial charge < -0.3 is 10.6 Å². The maximum atomic E-state index is 12.3. The van der Waals surface area contributed by atoms with E-state index in [-0.39, 0.29) is 23.6 Å². The minimum atomic E-state index is -0.287. The minimum Gasteiger partial charge on any atom is -0.348 e. The van der Waals surface area contributed by atoms with Crippen molar-refractivity contribution in [2.45, 2.75) is 32.9 Å². The molecule has 1 aromatic carbocycles. The molecule has 0 spiro atoms. The first-order chi connectivity index (χ1) is 11.5. The van der Waals surface area contributed by atoms with Crippen molar-refractivity contribution in [3.63, 3.8) is 0 Å². The molecule has 0 radical (unpaired) electrons. The molecule has 24 heavy (non-hydrogen) atoms. The van der Waals surface area contributed by atoms with Gasteiger partial charge in [0.1, 0.15) is 5.69 Å². The molecule has 0 saturated carbocycles. The quantitative estimate of drug-likeness (QED) is 0.844. The van der Waals surface area contributed by atoms with Crippen molar-refractivity contribution < 1.29 is 9.59 Å². The lowest BCUT2D eigenvalue weighted by Gasteiger charge is -2.11. The summed E-state index contributed by atoms with van der Waals surface area (Å²) < 4.78 is 0. The molecular weight excluding hydrogens is 326 g/mol. The second kappa shape index (κ2) is 8.45. The largest absolute Gasteiger partial charge is 0.348 e. The van der Waals surface area contributed by atoms with E-state index in [1.807, 2.05) is 32.0 Å². The second-order valence-corrected chi connectivity index (χ2v) is 5.89. The summed E-state index contributed by atoms with van der Waals surface area (Å²) in [6.07, 6.45) is 2.28. The highest BCUT2D eigenvalue weighted by Crippen LogP contribution is 2.14. The van der Waals surface area contributed by atoms with Crippen LogP contribution in [0.2, 0.25) is 5.02 Å². The summed E-state index contributed by atoms with van der Waals surface area (Å²) in [5.41, 5.74) is 1.43. The van der Waals surface area contributed by atoms with Gasteiger partial charge >= 0.3 is 0 Å². The number of hydrogen-bond donors (Lipinski definition) is 2. The van der Waals surface area contributed by atoms with Crippen molar-refractivity contribution in [3.8, 4) is 0 Å². The Morgan fingerprint density at radius 2 is 1.96 bits per heavy atom. The van der Waals surface area contributed by atoms with Crippen molar-refractivity contribution in [2.75, 3.05) is 0 Å². The van der Waals surface area contributed by atoms with Crippen molar-refractivity contribution in [2.24, 2.45) is 0 Å². The van der Waals surface area contributed by atoms with Gasteiger partial charge in [-0.1, -0.05) is 36.7 Å². The van der Waals surface area contributed by atoms with E-state index in [2.05, 4.69) is 15.6 Å². The summed E-state index contributed by atoms with van der Waals surface area (Å²) in [6.45, 7) is 4.21. The summed E-state index contributed by atoms with van der Waals surface area (Å²) in [5, 5.41) is 6.22. The van der Waals surface area contributed by atoms with Gasteiger partial charge in [-0.3, -0.25) is 14.6 Å². The molecular formula is C18H20ClN3O2. The van der Waals surface area contributed by atoms with Crippen LogP contribution in [0.4, 0.5) is 0 Å². The zero-order valence-corrected chi connectivity index (χ0v) is 14.4. The van der Waals surface area contributed by atoms with Crippen LogP contribution in [0.15, 0.2) is 42.6 Å². The molecule has 126 valence electrons. The molecule has 5 nitrogen and oxygen atoms in total. The molecule has 0 aliphatic carbocycles. The van der Waals surface area contributed by atoms with Crippen molar-refractivity contribution in [1.82, 2.24) is 15.6 Å². The van der Waals surface area contributed by atoms with E-state index in [0.29, 0.717) is 17.1 Å². The fourth-order valence-corrected chi connectivity index (χ4v) is 2.22. The van der Waals surface area contributed by atoms with Crippen LogP contribution in [0.3, 0.4) is 0 Å². The molecule has 0 bridgehead atoms. The lowest BCUT2D eigenvalue weighted by Crippen LogP contribution is -2.32. The highest BCUT2D eigenvalue weighted by Gasteiger charge is 2.13. The van der Waals surface area contributed by atoms with E-state index >= 15 is 0 Å². The van der Waals surface area contributed by atoms with Crippen LogP contribution in [0, 0.1) is 0 Å². The van der Waals surface area contributed by atoms with E-state index in [1.54, 1.807) is 12.1 Å². The number of carbonyl (C=O) groups excluding carboxylic acids is 2. The van der Waals surface area contributed by atoms with Crippen molar-refractivity contribution >= 4 is 23.4 Å². The SMILES string of the molecule is CCC(C)NC(=O)c1cc(C(=O)NCc2ccccc2Cl)ccn1. The number of pyridine rings is 1. The number of hydrogen-bond acceptors (Lipinski definition) is 3. The van der Waals surface area contributed by atoms with Gasteiger partial charge in [0.25, 0.3) is 11.8 Å². The van der Waals surface area contributed by atoms with Gasteiger partial charge in [-0.05, 0) is 37.1 Å². The van der Waals surface area contributed by atoms with Crippen LogP contribution >= 0.6 is 11.6 Å². The van der Waals surface area contributed by atoms with Gasteiger partial charge in [-0.15, -0.1) is 0 Å². The van der Waals surface area contributed by atoms with Gasteiger partial charge in [0, 0.05) is 29.4 Å². The third kappa shape index (κ3) is 4.80. The summed E-state index contributed by atoms with van der Waals surface area (Å²) in [4.78, 5) is 28.4. The first-order valence-corrected chi connectivity index (χ1v) is 8.17. The van der Waals surface area contributed by atoms with Gasteiger partial charge in [0.2, 0.25) is 0 Å². The fourth-order valence-electron chi connectivity index (χ4n) is 2.02. The minimum absolute atomic E-state index is 0.0528. The summed E-state index contributed by atoms with van der Waals surface area (Å²) in [6, 6.07) is 10.4. The molecule has 2 N–H and O–H groups in total. The van der Waals surface area contributed by atoms with Crippen LogP contribution in [0.5, 0.6) is 0 Å². The average Bonchev–Trinajstić information content (AvgIpc) is 2.60. The molecule has 2 aromatic rings. The Bertz CT molecular complexity index is 734. The summed E-state index contributed by atoms with van der Waals surface area (Å²) in [5.74, 6) is -0.569. The van der Waals surface area contributed by atoms with Crippen molar-refractivity contribution in [1.29, 1.82) is 0 Å². The number of nitrogens with zero attached hydrogens (tertiary/aromatic N) is 1. The Hall–Kier alpha value is -2.40. The molecule has 1 unspecified atom stereocenters. The Balaban J connectivity index is 2.03. The van der Waals surface area contributed by atoms with Gasteiger partial charge in [-0.25, -0.2) is 0 Å². The van der Waals surface area contributed by atoms with Gasteiger partial charge in [0.05, 0.1) is 0 Å². The number of aromatic nitrogens is 1. The molecule has 2 amide bonds. The zero-order valence-electron chi connectivity index (χ0n) is 13.7. The monoisotopic (exact) mass is 345 g/mol. The lowest BCUT2D eigenvalue weighted by molar-refractivity contribution is 0.0934. The number of halogens is 1. The number of nitrogens with one attached hydrogen (secondary N) is 2. The number of benzene rings is 1. The smallest absolute Gasteiger partial charge is 0.270 e. The number of amides is 2. The first-order valence-electron chi connectivity index (χ1n) is 7.79. The van der Waals surface area contributed by atoms with Crippen LogP contribution in [0.1, 0.15) is 46.7 Å². The van der Waals surface area contributed by atoms with E-state index in [0.717, 1.165) is 12.0 Å². The standard InChI is InChI=1S/C18H20ClN3O2/c1-3-12(2)22-18(24)16-10-13(8-9-20-16)17(23)21-11-14-6-4-5-7-15(14)19/h4-10,12H,3,11H2,1-2H3,(H,21,23)(H,22,24). The van der Waals surface area contributed by atoms with Gasteiger partial charge in [0.15, 0.2) is 0 Å². The van der Waals surface area contributed by atoms with Crippen LogP contribution in [-0.2, 0) is 6.54 Å². The molecule has 6 heteroatoms. The van der Waals surface area contributed by atoms with E-state index in [9.17, 15) is 9.59 Å². The third-order valence-electron chi connectivity index (χ3n) is 3.64. The Morgan fingerprint density at radius 1 is 1.21 bits per heavy atom. The highest BCUT2D eigenvalue weighted by molar-refractivity contribution is 6.31. The molecule has 0 saturated heterocycles. The Morgan fingerprint density at radius 3 is 2.67 bits per heavy atom. The van der Waals surface area contributed by atoms with Crippen LogP contribution < -0.4 is 10.6 Å². The van der Waals surface area contributed by atoms with E-state index in [1.165, 1.54) is 12.3 Å². The predicted molar refractivity (Wildman–Crippen MR) is 94.1 cm³/mol. The van der Waals surface area contributed by atoms with E-state index in [4.69, 9.17) is 11.6 Å². The molecule has 1 atom stereocenters. The zero-order chi connectivity index (χ0) is 17.5. The number of carbonyl (C=O) groups is 2. The normalized spacial score (nSPS) is 11.6. The Labute approximate surface area is 146 Å². The summed E-state index contributed by atoms with van der Waals surface area (Å²) in [7, 11) is 0. The molecule has 1 aromatic heterocycles. The van der Waals surface area contributed by atoms with E-state index < -0.39 is 0 Å². The highest BCUT2D eigenvalue weighted by atomic mass is 35.5. The molecule has 0 aliphatic heterocycles. The van der Waals surface area contributed by atoms with Crippen LogP contribution in [-0.4, -0.2) is 22.8 Å². The number of rotatable bonds is 6. The van der Waals surface area contributed by atoms with Crippen LogP contribution in [0.25, 0.3) is 0 Å². The molecule has 0 aliphatic rings.